The SMILES string of the molecule is O=C(Nc1cccc(Br)c1O)C1CNCc2ccccc21. The lowest BCUT2D eigenvalue weighted by molar-refractivity contribution is -0.117. The largest absolute Gasteiger partial charge is 0.505 e. The molecule has 1 unspecified atom stereocenters. The van der Waals surface area contributed by atoms with Crippen LogP contribution in [0, 0.1) is 0 Å². The molecule has 3 rings (SSSR count). The van der Waals surface area contributed by atoms with Crippen LogP contribution in [0.4, 0.5) is 5.69 Å². The number of amides is 1. The molecule has 0 bridgehead atoms. The topological polar surface area (TPSA) is 61.4 Å². The normalized spacial score (nSPS) is 17.1. The van der Waals surface area contributed by atoms with Crippen molar-refractivity contribution in [2.24, 2.45) is 0 Å². The van der Waals surface area contributed by atoms with Crippen molar-refractivity contribution in [1.82, 2.24) is 5.32 Å². The van der Waals surface area contributed by atoms with Crippen molar-refractivity contribution in [3.8, 4) is 5.75 Å². The fraction of sp³-hybridized carbons (Fsp3) is 0.188. The van der Waals surface area contributed by atoms with Gasteiger partial charge in [-0.25, -0.2) is 0 Å². The maximum Gasteiger partial charge on any atom is 0.233 e. The van der Waals surface area contributed by atoms with Crippen molar-refractivity contribution < 1.29 is 9.90 Å². The number of carbonyl (C=O) groups excluding carboxylic acids is 1. The van der Waals surface area contributed by atoms with Crippen LogP contribution in [0.5, 0.6) is 5.75 Å². The molecule has 1 aliphatic rings. The number of phenolic OH excluding ortho intramolecular Hbond substituents is 1. The van der Waals surface area contributed by atoms with E-state index in [0.717, 1.165) is 17.7 Å². The van der Waals surface area contributed by atoms with Crippen LogP contribution in [-0.4, -0.2) is 17.6 Å². The number of rotatable bonds is 2. The summed E-state index contributed by atoms with van der Waals surface area (Å²) in [7, 11) is 0. The molecule has 21 heavy (non-hydrogen) atoms. The Morgan fingerprint density at radius 3 is 2.90 bits per heavy atom. The fourth-order valence-corrected chi connectivity index (χ4v) is 2.93. The van der Waals surface area contributed by atoms with E-state index in [1.807, 2.05) is 24.3 Å². The number of aromatic hydroxyl groups is 1. The van der Waals surface area contributed by atoms with Gasteiger partial charge in [-0.1, -0.05) is 30.3 Å². The second-order valence-corrected chi connectivity index (χ2v) is 5.86. The fourth-order valence-electron chi connectivity index (χ4n) is 2.57. The third kappa shape index (κ3) is 2.80. The number of benzene rings is 2. The van der Waals surface area contributed by atoms with Crippen molar-refractivity contribution in [2.75, 3.05) is 11.9 Å². The zero-order valence-corrected chi connectivity index (χ0v) is 12.9. The Hall–Kier alpha value is -1.85. The van der Waals surface area contributed by atoms with E-state index in [9.17, 15) is 9.90 Å². The van der Waals surface area contributed by atoms with E-state index >= 15 is 0 Å². The van der Waals surface area contributed by atoms with Crippen LogP contribution in [0.15, 0.2) is 46.9 Å². The van der Waals surface area contributed by atoms with Crippen molar-refractivity contribution in [1.29, 1.82) is 0 Å². The molecule has 0 spiro atoms. The maximum absolute atomic E-state index is 12.5. The van der Waals surface area contributed by atoms with Gasteiger partial charge in [0.2, 0.25) is 5.91 Å². The monoisotopic (exact) mass is 346 g/mol. The van der Waals surface area contributed by atoms with Gasteiger partial charge in [0.05, 0.1) is 16.1 Å². The Bertz CT molecular complexity index is 688. The van der Waals surface area contributed by atoms with E-state index in [0.29, 0.717) is 16.7 Å². The molecule has 1 aliphatic heterocycles. The van der Waals surface area contributed by atoms with Gasteiger partial charge in [0, 0.05) is 13.1 Å². The minimum Gasteiger partial charge on any atom is -0.505 e. The van der Waals surface area contributed by atoms with Gasteiger partial charge in [0.1, 0.15) is 0 Å². The zero-order chi connectivity index (χ0) is 14.8. The minimum atomic E-state index is -0.256. The predicted octanol–water partition coefficient (Wildman–Crippen LogP) is 2.98. The lowest BCUT2D eigenvalue weighted by Crippen LogP contribution is -2.35. The lowest BCUT2D eigenvalue weighted by atomic mass is 9.90. The minimum absolute atomic E-state index is 0.0444. The highest BCUT2D eigenvalue weighted by Gasteiger charge is 2.26. The molecule has 3 N–H and O–H groups in total. The molecule has 0 aliphatic carbocycles. The van der Waals surface area contributed by atoms with E-state index < -0.39 is 0 Å². The summed E-state index contributed by atoms with van der Waals surface area (Å²) < 4.78 is 0.558. The van der Waals surface area contributed by atoms with E-state index in [4.69, 9.17) is 0 Å². The maximum atomic E-state index is 12.5. The van der Waals surface area contributed by atoms with Crippen LogP contribution in [0.1, 0.15) is 17.0 Å². The van der Waals surface area contributed by atoms with Crippen LogP contribution in [-0.2, 0) is 11.3 Å². The molecule has 1 atom stereocenters. The molecule has 0 saturated heterocycles. The summed E-state index contributed by atoms with van der Waals surface area (Å²) in [4.78, 5) is 12.5. The Kier molecular flexibility index (Phi) is 3.94. The third-order valence-corrected chi connectivity index (χ3v) is 4.30. The standard InChI is InChI=1S/C16H15BrN2O2/c17-13-6-3-7-14(15(13)20)19-16(21)12-9-18-8-10-4-1-2-5-11(10)12/h1-7,12,18,20H,8-9H2,(H,19,21). The molecular weight excluding hydrogens is 332 g/mol. The van der Waals surface area contributed by atoms with Gasteiger partial charge in [-0.2, -0.15) is 0 Å². The summed E-state index contributed by atoms with van der Waals surface area (Å²) >= 11 is 3.24. The van der Waals surface area contributed by atoms with Crippen molar-refractivity contribution in [3.63, 3.8) is 0 Å². The van der Waals surface area contributed by atoms with Crippen molar-refractivity contribution in [2.45, 2.75) is 12.5 Å². The quantitative estimate of drug-likeness (QED) is 0.732. The van der Waals surface area contributed by atoms with E-state index in [1.165, 1.54) is 0 Å². The third-order valence-electron chi connectivity index (χ3n) is 3.66. The van der Waals surface area contributed by atoms with E-state index in [1.54, 1.807) is 18.2 Å². The summed E-state index contributed by atoms with van der Waals surface area (Å²) in [5, 5.41) is 16.0. The van der Waals surface area contributed by atoms with Gasteiger partial charge in [0.25, 0.3) is 0 Å². The molecule has 0 saturated carbocycles. The number of halogens is 1. The zero-order valence-electron chi connectivity index (χ0n) is 11.3. The number of phenols is 1. The Balaban J connectivity index is 1.85. The predicted molar refractivity (Wildman–Crippen MR) is 85.3 cm³/mol. The van der Waals surface area contributed by atoms with Crippen LogP contribution in [0.3, 0.4) is 0 Å². The van der Waals surface area contributed by atoms with Gasteiger partial charge in [-0.3, -0.25) is 4.79 Å². The summed E-state index contributed by atoms with van der Waals surface area (Å²) in [6.07, 6.45) is 0. The first-order chi connectivity index (χ1) is 10.2. The summed E-state index contributed by atoms with van der Waals surface area (Å²) in [6.45, 7) is 1.37. The van der Waals surface area contributed by atoms with Crippen LogP contribution < -0.4 is 10.6 Å². The number of carbonyl (C=O) groups is 1. The summed E-state index contributed by atoms with van der Waals surface area (Å²) in [6, 6.07) is 13.1. The van der Waals surface area contributed by atoms with Crippen molar-refractivity contribution >= 4 is 27.5 Å². The number of fused-ring (bicyclic) bond motifs is 1. The number of anilines is 1. The van der Waals surface area contributed by atoms with E-state index in [-0.39, 0.29) is 17.6 Å². The summed E-state index contributed by atoms with van der Waals surface area (Å²) in [5.74, 6) is -0.334. The molecule has 2 aromatic carbocycles. The average Bonchev–Trinajstić information content (AvgIpc) is 2.51. The van der Waals surface area contributed by atoms with Gasteiger partial charge >= 0.3 is 0 Å². The first-order valence-electron chi connectivity index (χ1n) is 6.73. The van der Waals surface area contributed by atoms with Crippen LogP contribution >= 0.6 is 15.9 Å². The molecule has 0 fully saturated rings. The number of hydrogen-bond donors (Lipinski definition) is 3. The molecule has 2 aromatic rings. The number of nitrogens with one attached hydrogen (secondary N) is 2. The van der Waals surface area contributed by atoms with Crippen LogP contribution in [0.25, 0.3) is 0 Å². The van der Waals surface area contributed by atoms with Gasteiger partial charge < -0.3 is 15.7 Å². The molecule has 0 radical (unpaired) electrons. The second-order valence-electron chi connectivity index (χ2n) is 5.01. The van der Waals surface area contributed by atoms with E-state index in [2.05, 4.69) is 26.6 Å². The molecule has 108 valence electrons. The molecule has 1 heterocycles. The van der Waals surface area contributed by atoms with Gasteiger partial charge in [-0.05, 0) is 39.2 Å². The molecule has 0 aromatic heterocycles. The van der Waals surface area contributed by atoms with Crippen molar-refractivity contribution in [3.05, 3.63) is 58.1 Å². The molecular formula is C16H15BrN2O2. The molecule has 4 nitrogen and oxygen atoms in total. The Morgan fingerprint density at radius 1 is 1.24 bits per heavy atom. The lowest BCUT2D eigenvalue weighted by Gasteiger charge is -2.25. The number of para-hydroxylation sites is 1. The first kappa shape index (κ1) is 14.1. The summed E-state index contributed by atoms with van der Waals surface area (Å²) in [5.41, 5.74) is 2.60. The van der Waals surface area contributed by atoms with Crippen LogP contribution in [0.2, 0.25) is 0 Å². The van der Waals surface area contributed by atoms with Gasteiger partial charge in [-0.15, -0.1) is 0 Å². The highest BCUT2D eigenvalue weighted by molar-refractivity contribution is 9.10. The average molecular weight is 347 g/mol. The Morgan fingerprint density at radius 2 is 2.05 bits per heavy atom. The Labute approximate surface area is 131 Å². The molecule has 1 amide bonds. The highest BCUT2D eigenvalue weighted by atomic mass is 79.9. The second kappa shape index (κ2) is 5.87. The smallest absolute Gasteiger partial charge is 0.233 e. The van der Waals surface area contributed by atoms with Gasteiger partial charge in [0.15, 0.2) is 5.75 Å². The highest BCUT2D eigenvalue weighted by Crippen LogP contribution is 2.33. The molecule has 5 heteroatoms. The first-order valence-corrected chi connectivity index (χ1v) is 7.53. The number of hydrogen-bond acceptors (Lipinski definition) is 3.